The molecule has 1 unspecified atom stereocenters. The maximum Gasteiger partial charge on any atom is 0.252 e. The normalized spacial score (nSPS) is 16.2. The molecule has 6 N–H and O–H groups in total. The number of amides is 2. The van der Waals surface area contributed by atoms with Gasteiger partial charge in [-0.3, -0.25) is 19.0 Å². The van der Waals surface area contributed by atoms with Gasteiger partial charge in [0.15, 0.2) is 0 Å². The van der Waals surface area contributed by atoms with Crippen LogP contribution in [0.3, 0.4) is 0 Å². The van der Waals surface area contributed by atoms with Gasteiger partial charge in [0.1, 0.15) is 6.04 Å². The lowest BCUT2D eigenvalue weighted by Crippen LogP contribution is -2.39. The summed E-state index contributed by atoms with van der Waals surface area (Å²) in [5.74, 6) is -0.124. The van der Waals surface area contributed by atoms with Crippen molar-refractivity contribution in [2.45, 2.75) is 11.1 Å². The molecule has 0 saturated carbocycles. The molecule has 0 saturated heterocycles. The first kappa shape index (κ1) is 16.5. The molecule has 1 aromatic heterocycles. The fourth-order valence-corrected chi connectivity index (χ4v) is 3.33. The van der Waals surface area contributed by atoms with Gasteiger partial charge in [0.05, 0.1) is 5.03 Å². The molecule has 0 radical (unpaired) electrons. The van der Waals surface area contributed by atoms with Crippen molar-refractivity contribution < 1.29 is 9.59 Å². The molecule has 0 aliphatic carbocycles. The van der Waals surface area contributed by atoms with Crippen LogP contribution in [0.25, 0.3) is 0 Å². The number of nitrogens with zero attached hydrogens (tertiary/aromatic N) is 1. The Kier molecular flexibility index (Phi) is 5.58. The van der Waals surface area contributed by atoms with E-state index < -0.39 is 6.04 Å². The monoisotopic (exact) mass is 325 g/mol. The summed E-state index contributed by atoms with van der Waals surface area (Å²) in [4.78, 5) is 36.2. The minimum Gasteiger partial charge on any atom is -0.353 e. The molecule has 8 nitrogen and oxygen atoms in total. The van der Waals surface area contributed by atoms with Crippen LogP contribution in [0.4, 0.5) is 0 Å². The molecule has 0 spiro atoms. The second-order valence-corrected chi connectivity index (χ2v) is 5.78. The highest BCUT2D eigenvalue weighted by Crippen LogP contribution is 2.31. The summed E-state index contributed by atoms with van der Waals surface area (Å²) < 4.78 is 1.41. The molecule has 0 aromatic carbocycles. The molecule has 22 heavy (non-hydrogen) atoms. The van der Waals surface area contributed by atoms with Crippen molar-refractivity contribution in [3.8, 4) is 0 Å². The van der Waals surface area contributed by atoms with Gasteiger partial charge in [-0.15, -0.1) is 11.8 Å². The topological polar surface area (TPSA) is 132 Å². The van der Waals surface area contributed by atoms with Crippen LogP contribution in [-0.2, 0) is 4.79 Å². The highest BCUT2D eigenvalue weighted by molar-refractivity contribution is 7.99. The van der Waals surface area contributed by atoms with Gasteiger partial charge < -0.3 is 22.1 Å². The molecule has 1 atom stereocenters. The van der Waals surface area contributed by atoms with E-state index in [1.54, 1.807) is 6.07 Å². The van der Waals surface area contributed by atoms with E-state index in [1.807, 2.05) is 0 Å². The molecular weight excluding hydrogens is 306 g/mol. The fraction of sp³-hybridized carbons (Fsp3) is 0.462. The Morgan fingerprint density at radius 2 is 1.91 bits per heavy atom. The lowest BCUT2D eigenvalue weighted by atomic mass is 10.2. The molecule has 120 valence electrons. The molecule has 0 fully saturated rings. The Morgan fingerprint density at radius 3 is 2.59 bits per heavy atom. The summed E-state index contributed by atoms with van der Waals surface area (Å²) in [6.07, 6.45) is 0. The number of nitrogens with one attached hydrogen (secondary N) is 2. The maximum absolute atomic E-state index is 12.2. The fourth-order valence-electron chi connectivity index (χ4n) is 2.14. The van der Waals surface area contributed by atoms with Crippen LogP contribution in [0.1, 0.15) is 16.4 Å². The van der Waals surface area contributed by atoms with Gasteiger partial charge in [-0.1, -0.05) is 0 Å². The van der Waals surface area contributed by atoms with E-state index >= 15 is 0 Å². The Morgan fingerprint density at radius 1 is 1.23 bits per heavy atom. The average Bonchev–Trinajstić information content (AvgIpc) is 2.94. The lowest BCUT2D eigenvalue weighted by molar-refractivity contribution is -0.123. The molecular formula is C13H19N5O3S. The molecule has 0 bridgehead atoms. The molecule has 1 aliphatic rings. The zero-order chi connectivity index (χ0) is 16.1. The largest absolute Gasteiger partial charge is 0.353 e. The summed E-state index contributed by atoms with van der Waals surface area (Å²) in [5, 5.41) is 5.90. The van der Waals surface area contributed by atoms with Crippen molar-refractivity contribution in [1.82, 2.24) is 15.2 Å². The van der Waals surface area contributed by atoms with Gasteiger partial charge in [0.2, 0.25) is 5.91 Å². The molecule has 1 aliphatic heterocycles. The summed E-state index contributed by atoms with van der Waals surface area (Å²) >= 11 is 1.37. The number of aromatic nitrogens is 1. The van der Waals surface area contributed by atoms with Crippen molar-refractivity contribution in [1.29, 1.82) is 0 Å². The van der Waals surface area contributed by atoms with Crippen molar-refractivity contribution in [2.75, 3.05) is 31.9 Å². The summed E-state index contributed by atoms with van der Waals surface area (Å²) in [7, 11) is 0. The third-order valence-corrected chi connectivity index (χ3v) is 4.26. The van der Waals surface area contributed by atoms with Gasteiger partial charge >= 0.3 is 0 Å². The van der Waals surface area contributed by atoms with E-state index in [0.717, 1.165) is 0 Å². The number of fused-ring (bicyclic) bond motifs is 1. The third-order valence-electron chi connectivity index (χ3n) is 3.17. The smallest absolute Gasteiger partial charge is 0.252 e. The highest BCUT2D eigenvalue weighted by Gasteiger charge is 2.30. The van der Waals surface area contributed by atoms with Crippen LogP contribution < -0.4 is 27.7 Å². The first-order chi connectivity index (χ1) is 10.6. The van der Waals surface area contributed by atoms with Crippen molar-refractivity contribution in [2.24, 2.45) is 11.5 Å². The Balaban J connectivity index is 2.22. The zero-order valence-corrected chi connectivity index (χ0v) is 12.8. The summed E-state index contributed by atoms with van der Waals surface area (Å²) in [5.41, 5.74) is 10.6. The van der Waals surface area contributed by atoms with Crippen LogP contribution >= 0.6 is 11.8 Å². The predicted octanol–water partition coefficient (Wildman–Crippen LogP) is -1.74. The lowest BCUT2D eigenvalue weighted by Gasteiger charge is -2.14. The Hall–Kier alpha value is -1.84. The molecule has 2 rings (SSSR count). The Bertz CT molecular complexity index is 631. The molecule has 1 aromatic rings. The number of rotatable bonds is 6. The number of carbonyl (C=O) groups is 2. The number of thioether (sulfide) groups is 1. The minimum atomic E-state index is -0.569. The number of carbonyl (C=O) groups excluding carboxylic acids is 2. The summed E-state index contributed by atoms with van der Waals surface area (Å²) in [6.45, 7) is 1.37. The summed E-state index contributed by atoms with van der Waals surface area (Å²) in [6, 6.07) is 2.29. The highest BCUT2D eigenvalue weighted by atomic mass is 32.2. The number of hydrogen-bond donors (Lipinski definition) is 4. The van der Waals surface area contributed by atoms with Gasteiger partial charge in [-0.05, 0) is 6.07 Å². The molecule has 9 heteroatoms. The zero-order valence-electron chi connectivity index (χ0n) is 12.0. The van der Waals surface area contributed by atoms with E-state index in [4.69, 9.17) is 11.5 Å². The number of nitrogens with two attached hydrogens (primary N) is 2. The number of pyridine rings is 1. The van der Waals surface area contributed by atoms with Crippen LogP contribution in [0.2, 0.25) is 0 Å². The van der Waals surface area contributed by atoms with Crippen LogP contribution in [0, 0.1) is 0 Å². The third kappa shape index (κ3) is 3.49. The van der Waals surface area contributed by atoms with E-state index in [9.17, 15) is 14.4 Å². The second-order valence-electron chi connectivity index (χ2n) is 4.74. The van der Waals surface area contributed by atoms with Crippen molar-refractivity contribution >= 4 is 23.6 Å². The quantitative estimate of drug-likeness (QED) is 0.491. The van der Waals surface area contributed by atoms with E-state index in [0.29, 0.717) is 37.0 Å². The van der Waals surface area contributed by atoms with E-state index in [1.165, 1.54) is 22.4 Å². The van der Waals surface area contributed by atoms with Crippen LogP contribution in [-0.4, -0.2) is 48.3 Å². The van der Waals surface area contributed by atoms with Crippen molar-refractivity contribution in [3.05, 3.63) is 28.0 Å². The van der Waals surface area contributed by atoms with E-state index in [-0.39, 0.29) is 22.9 Å². The average molecular weight is 325 g/mol. The van der Waals surface area contributed by atoms with Gasteiger partial charge in [0, 0.05) is 43.6 Å². The van der Waals surface area contributed by atoms with Gasteiger partial charge in [-0.25, -0.2) is 0 Å². The van der Waals surface area contributed by atoms with Gasteiger partial charge in [0.25, 0.3) is 11.5 Å². The van der Waals surface area contributed by atoms with Crippen LogP contribution in [0.5, 0.6) is 0 Å². The first-order valence-electron chi connectivity index (χ1n) is 6.94. The second kappa shape index (κ2) is 7.43. The molecule has 2 heterocycles. The minimum absolute atomic E-state index is 0.237. The SMILES string of the molecule is NCCNC(=O)c1cc2n(c(=O)c1)C(C(=O)NCCN)CS2. The maximum atomic E-state index is 12.2. The number of hydrogen-bond acceptors (Lipinski definition) is 6. The predicted molar refractivity (Wildman–Crippen MR) is 83.9 cm³/mol. The van der Waals surface area contributed by atoms with E-state index in [2.05, 4.69) is 10.6 Å². The first-order valence-corrected chi connectivity index (χ1v) is 7.92. The van der Waals surface area contributed by atoms with Gasteiger partial charge in [-0.2, -0.15) is 0 Å². The Labute approximate surface area is 131 Å². The molecule has 2 amide bonds. The standard InChI is InChI=1S/C13H19N5O3S/c14-1-3-16-12(20)8-5-10(19)18-9(7-22-11(18)6-8)13(21)17-4-2-15/h5-6,9H,1-4,7,14-15H2,(H,16,20)(H,17,21). The van der Waals surface area contributed by atoms with Crippen molar-refractivity contribution in [3.63, 3.8) is 0 Å². The van der Waals surface area contributed by atoms with Crippen LogP contribution in [0.15, 0.2) is 22.0 Å².